The monoisotopic (exact) mass is 335 g/mol. The molecule has 6 heteroatoms. The van der Waals surface area contributed by atoms with Crippen LogP contribution in [0.1, 0.15) is 30.0 Å². The molecular formula is C18H27N2O4+. The van der Waals surface area contributed by atoms with E-state index in [-0.39, 0.29) is 18.3 Å². The highest BCUT2D eigenvalue weighted by Gasteiger charge is 2.36. The first-order valence-corrected chi connectivity index (χ1v) is 8.38. The van der Waals surface area contributed by atoms with Gasteiger partial charge in [-0.1, -0.05) is 0 Å². The van der Waals surface area contributed by atoms with Gasteiger partial charge in [0.05, 0.1) is 26.8 Å². The van der Waals surface area contributed by atoms with E-state index in [9.17, 15) is 9.59 Å². The Morgan fingerprint density at radius 1 is 1.33 bits per heavy atom. The summed E-state index contributed by atoms with van der Waals surface area (Å²) in [5.74, 6) is 0.470. The van der Waals surface area contributed by atoms with Gasteiger partial charge >= 0.3 is 5.97 Å². The fourth-order valence-electron chi connectivity index (χ4n) is 3.17. The Hall–Kier alpha value is -2.08. The SMILES string of the molecule is CCOC(=O)C[C@@H]1C(=O)NCC[NH+]1Cc1ccc(OC)c(C)c1C. The zero-order valence-electron chi connectivity index (χ0n) is 14.9. The molecule has 24 heavy (non-hydrogen) atoms. The average Bonchev–Trinajstić information content (AvgIpc) is 2.55. The van der Waals surface area contributed by atoms with Gasteiger partial charge in [-0.05, 0) is 44.0 Å². The number of carbonyl (C=O) groups is 2. The molecule has 0 aromatic heterocycles. The highest BCUT2D eigenvalue weighted by Crippen LogP contribution is 2.23. The van der Waals surface area contributed by atoms with Crippen molar-refractivity contribution in [1.29, 1.82) is 0 Å². The number of rotatable bonds is 6. The number of nitrogens with one attached hydrogen (secondary N) is 2. The Labute approximate surface area is 143 Å². The van der Waals surface area contributed by atoms with Crippen LogP contribution in [0.3, 0.4) is 0 Å². The number of hydrogen-bond donors (Lipinski definition) is 2. The van der Waals surface area contributed by atoms with Crippen molar-refractivity contribution >= 4 is 11.9 Å². The van der Waals surface area contributed by atoms with Crippen molar-refractivity contribution in [3.63, 3.8) is 0 Å². The maximum absolute atomic E-state index is 12.2. The molecule has 132 valence electrons. The van der Waals surface area contributed by atoms with Crippen molar-refractivity contribution in [1.82, 2.24) is 5.32 Å². The number of ether oxygens (including phenoxy) is 2. The third kappa shape index (κ3) is 4.06. The van der Waals surface area contributed by atoms with Crippen LogP contribution in [0.5, 0.6) is 5.75 Å². The summed E-state index contributed by atoms with van der Waals surface area (Å²) in [6.07, 6.45) is 0.114. The Kier molecular flexibility index (Phi) is 6.20. The molecule has 2 atom stereocenters. The maximum atomic E-state index is 12.2. The number of hydrogen-bond acceptors (Lipinski definition) is 4. The molecule has 0 spiro atoms. The maximum Gasteiger partial charge on any atom is 0.312 e. The Bertz CT molecular complexity index is 615. The molecule has 1 aromatic carbocycles. The summed E-state index contributed by atoms with van der Waals surface area (Å²) < 4.78 is 10.4. The van der Waals surface area contributed by atoms with E-state index in [0.717, 1.165) is 22.8 Å². The fourth-order valence-corrected chi connectivity index (χ4v) is 3.17. The molecule has 6 nitrogen and oxygen atoms in total. The van der Waals surface area contributed by atoms with Gasteiger partial charge < -0.3 is 19.7 Å². The smallest absolute Gasteiger partial charge is 0.312 e. The highest BCUT2D eigenvalue weighted by molar-refractivity contribution is 5.85. The first kappa shape index (κ1) is 18.3. The average molecular weight is 335 g/mol. The van der Waals surface area contributed by atoms with Gasteiger partial charge in [0.15, 0.2) is 6.04 Å². The Morgan fingerprint density at radius 2 is 2.08 bits per heavy atom. The molecule has 0 bridgehead atoms. The van der Waals surface area contributed by atoms with Gasteiger partial charge in [-0.25, -0.2) is 0 Å². The van der Waals surface area contributed by atoms with E-state index in [1.54, 1.807) is 14.0 Å². The van der Waals surface area contributed by atoms with E-state index < -0.39 is 6.04 Å². The minimum Gasteiger partial charge on any atom is -0.496 e. The number of methoxy groups -OCH3 is 1. The number of piperazine rings is 1. The van der Waals surface area contributed by atoms with Crippen LogP contribution in [0.25, 0.3) is 0 Å². The van der Waals surface area contributed by atoms with Crippen LogP contribution >= 0.6 is 0 Å². The largest absolute Gasteiger partial charge is 0.496 e. The number of carbonyl (C=O) groups excluding carboxylic acids is 2. The topological polar surface area (TPSA) is 69.1 Å². The normalized spacial score (nSPS) is 20.4. The lowest BCUT2D eigenvalue weighted by Gasteiger charge is -2.32. The molecule has 1 aliphatic heterocycles. The van der Waals surface area contributed by atoms with Gasteiger partial charge in [0, 0.05) is 5.56 Å². The predicted molar refractivity (Wildman–Crippen MR) is 90.0 cm³/mol. The first-order valence-electron chi connectivity index (χ1n) is 8.38. The summed E-state index contributed by atoms with van der Waals surface area (Å²) >= 11 is 0. The third-order valence-electron chi connectivity index (χ3n) is 4.72. The van der Waals surface area contributed by atoms with E-state index in [1.165, 1.54) is 11.1 Å². The fraction of sp³-hybridized carbons (Fsp3) is 0.556. The van der Waals surface area contributed by atoms with E-state index in [0.29, 0.717) is 19.7 Å². The summed E-state index contributed by atoms with van der Waals surface area (Å²) in [4.78, 5) is 25.2. The lowest BCUT2D eigenvalue weighted by molar-refractivity contribution is -0.930. The zero-order valence-corrected chi connectivity index (χ0v) is 14.9. The minimum atomic E-state index is -0.403. The summed E-state index contributed by atoms with van der Waals surface area (Å²) in [5, 5.41) is 2.85. The van der Waals surface area contributed by atoms with Crippen molar-refractivity contribution < 1.29 is 24.0 Å². The molecule has 1 saturated heterocycles. The lowest BCUT2D eigenvalue weighted by Crippen LogP contribution is -3.18. The molecule has 1 fully saturated rings. The van der Waals surface area contributed by atoms with Gasteiger partial charge in [0.25, 0.3) is 5.91 Å². The summed E-state index contributed by atoms with van der Waals surface area (Å²) in [6, 6.07) is 3.60. The molecule has 1 heterocycles. The molecule has 0 aliphatic carbocycles. The van der Waals surface area contributed by atoms with Crippen LogP contribution in [0.4, 0.5) is 0 Å². The Morgan fingerprint density at radius 3 is 2.75 bits per heavy atom. The second-order valence-corrected chi connectivity index (χ2v) is 6.11. The zero-order chi connectivity index (χ0) is 17.7. The van der Waals surface area contributed by atoms with Crippen LogP contribution < -0.4 is 15.0 Å². The molecule has 2 rings (SSSR count). The molecular weight excluding hydrogens is 308 g/mol. The van der Waals surface area contributed by atoms with E-state index in [2.05, 4.69) is 12.2 Å². The second kappa shape index (κ2) is 8.15. The predicted octanol–water partition coefficient (Wildman–Crippen LogP) is 0.149. The molecule has 0 radical (unpaired) electrons. The van der Waals surface area contributed by atoms with Crippen LogP contribution in [0.15, 0.2) is 12.1 Å². The van der Waals surface area contributed by atoms with Crippen LogP contribution in [0, 0.1) is 13.8 Å². The first-order chi connectivity index (χ1) is 11.5. The molecule has 1 aromatic rings. The van der Waals surface area contributed by atoms with Gasteiger partial charge in [-0.3, -0.25) is 9.59 Å². The van der Waals surface area contributed by atoms with Gasteiger partial charge in [0.1, 0.15) is 18.7 Å². The van der Waals surface area contributed by atoms with Crippen molar-refractivity contribution in [3.05, 3.63) is 28.8 Å². The van der Waals surface area contributed by atoms with Crippen molar-refractivity contribution in [3.8, 4) is 5.75 Å². The number of benzene rings is 1. The summed E-state index contributed by atoms with van der Waals surface area (Å²) in [7, 11) is 1.66. The van der Waals surface area contributed by atoms with Crippen LogP contribution in [0.2, 0.25) is 0 Å². The van der Waals surface area contributed by atoms with Gasteiger partial charge in [0.2, 0.25) is 0 Å². The van der Waals surface area contributed by atoms with Gasteiger partial charge in [-0.15, -0.1) is 0 Å². The van der Waals surface area contributed by atoms with Crippen molar-refractivity contribution in [2.75, 3.05) is 26.8 Å². The number of esters is 1. The van der Waals surface area contributed by atoms with Crippen molar-refractivity contribution in [2.45, 2.75) is 39.8 Å². The molecule has 1 aliphatic rings. The number of amides is 1. The summed E-state index contributed by atoms with van der Waals surface area (Å²) in [6.45, 7) is 8.32. The minimum absolute atomic E-state index is 0.0767. The van der Waals surface area contributed by atoms with E-state index >= 15 is 0 Å². The van der Waals surface area contributed by atoms with Crippen LogP contribution in [-0.4, -0.2) is 44.7 Å². The van der Waals surface area contributed by atoms with Crippen LogP contribution in [-0.2, 0) is 20.9 Å². The molecule has 0 saturated carbocycles. The summed E-state index contributed by atoms with van der Waals surface area (Å²) in [5.41, 5.74) is 3.45. The van der Waals surface area contributed by atoms with Crippen molar-refractivity contribution in [2.24, 2.45) is 0 Å². The van der Waals surface area contributed by atoms with Gasteiger partial charge in [-0.2, -0.15) is 0 Å². The van der Waals surface area contributed by atoms with E-state index in [1.807, 2.05) is 19.1 Å². The van der Waals surface area contributed by atoms with E-state index in [4.69, 9.17) is 9.47 Å². The molecule has 1 amide bonds. The number of quaternary nitrogens is 1. The Balaban J connectivity index is 2.17. The lowest BCUT2D eigenvalue weighted by atomic mass is 10.00. The molecule has 2 N–H and O–H groups in total. The highest BCUT2D eigenvalue weighted by atomic mass is 16.5. The third-order valence-corrected chi connectivity index (χ3v) is 4.72. The standard InChI is InChI=1S/C18H26N2O4/c1-5-24-17(21)10-15-18(22)19-8-9-20(15)11-14-6-7-16(23-4)13(3)12(14)2/h6-7,15H,5,8-11H2,1-4H3,(H,19,22)/p+1/t15-/m1/s1. The second-order valence-electron chi connectivity index (χ2n) is 6.11. The molecule has 1 unspecified atom stereocenters. The quantitative estimate of drug-likeness (QED) is 0.726.